The van der Waals surface area contributed by atoms with E-state index in [9.17, 15) is 0 Å². The molecule has 2 N–H and O–H groups in total. The molecular formula is C12H11Cl2N3. The topological polar surface area (TPSA) is 51.8 Å². The summed E-state index contributed by atoms with van der Waals surface area (Å²) >= 11 is 12.1. The Hall–Kier alpha value is -1.16. The first-order valence-corrected chi connectivity index (χ1v) is 5.86. The summed E-state index contributed by atoms with van der Waals surface area (Å²) in [5.74, 6) is 0.554. The van der Waals surface area contributed by atoms with Gasteiger partial charge >= 0.3 is 0 Å². The highest BCUT2D eigenvalue weighted by Crippen LogP contribution is 2.31. The third-order valence-electron chi connectivity index (χ3n) is 2.31. The maximum Gasteiger partial charge on any atom is 0.161 e. The van der Waals surface area contributed by atoms with E-state index in [1.54, 1.807) is 6.07 Å². The van der Waals surface area contributed by atoms with Crippen molar-refractivity contribution in [1.29, 1.82) is 0 Å². The Kier molecular flexibility index (Phi) is 3.62. The van der Waals surface area contributed by atoms with Crippen LogP contribution in [-0.4, -0.2) is 9.97 Å². The van der Waals surface area contributed by atoms with Crippen LogP contribution in [0.3, 0.4) is 0 Å². The van der Waals surface area contributed by atoms with Crippen molar-refractivity contribution >= 4 is 23.2 Å². The van der Waals surface area contributed by atoms with Crippen molar-refractivity contribution in [1.82, 2.24) is 9.97 Å². The van der Waals surface area contributed by atoms with Crippen LogP contribution in [0.15, 0.2) is 24.3 Å². The number of rotatable bonds is 2. The summed E-state index contributed by atoms with van der Waals surface area (Å²) < 4.78 is 0. The lowest BCUT2D eigenvalue weighted by molar-refractivity contribution is 0.953. The van der Waals surface area contributed by atoms with E-state index in [0.29, 0.717) is 22.4 Å². The predicted molar refractivity (Wildman–Crippen MR) is 70.1 cm³/mol. The van der Waals surface area contributed by atoms with Crippen molar-refractivity contribution in [3.05, 3.63) is 45.7 Å². The van der Waals surface area contributed by atoms with Crippen LogP contribution in [0.2, 0.25) is 10.0 Å². The van der Waals surface area contributed by atoms with Gasteiger partial charge in [-0.25, -0.2) is 9.97 Å². The zero-order valence-electron chi connectivity index (χ0n) is 9.24. The lowest BCUT2D eigenvalue weighted by Crippen LogP contribution is -2.03. The summed E-state index contributed by atoms with van der Waals surface area (Å²) in [5.41, 5.74) is 7.94. The fourth-order valence-electron chi connectivity index (χ4n) is 1.54. The van der Waals surface area contributed by atoms with Gasteiger partial charge in [0.25, 0.3) is 0 Å². The lowest BCUT2D eigenvalue weighted by atomic mass is 10.2. The second-order valence-electron chi connectivity index (χ2n) is 3.63. The Morgan fingerprint density at radius 1 is 1.24 bits per heavy atom. The van der Waals surface area contributed by atoms with E-state index in [2.05, 4.69) is 9.97 Å². The van der Waals surface area contributed by atoms with Gasteiger partial charge < -0.3 is 5.73 Å². The average molecular weight is 268 g/mol. The van der Waals surface area contributed by atoms with Gasteiger partial charge in [0.1, 0.15) is 0 Å². The maximum atomic E-state index is 6.13. The minimum absolute atomic E-state index is 0.370. The third kappa shape index (κ3) is 2.57. The minimum Gasteiger partial charge on any atom is -0.325 e. The summed E-state index contributed by atoms with van der Waals surface area (Å²) in [7, 11) is 0. The first kappa shape index (κ1) is 12.3. The van der Waals surface area contributed by atoms with Crippen LogP contribution in [0.5, 0.6) is 0 Å². The number of aromatic nitrogens is 2. The Morgan fingerprint density at radius 2 is 2.00 bits per heavy atom. The van der Waals surface area contributed by atoms with Crippen molar-refractivity contribution < 1.29 is 0 Å². The van der Waals surface area contributed by atoms with E-state index in [-0.39, 0.29) is 0 Å². The van der Waals surface area contributed by atoms with Gasteiger partial charge in [0.2, 0.25) is 0 Å². The van der Waals surface area contributed by atoms with Crippen molar-refractivity contribution in [3.63, 3.8) is 0 Å². The Labute approximate surface area is 110 Å². The molecule has 0 unspecified atom stereocenters. The average Bonchev–Trinajstić information content (AvgIpc) is 2.31. The molecule has 0 aliphatic rings. The van der Waals surface area contributed by atoms with Crippen molar-refractivity contribution in [3.8, 4) is 11.4 Å². The standard InChI is InChI=1S/C12H11Cl2N3/c1-7-5-8(6-15)17-12(16-7)9-3-2-4-10(13)11(9)14/h2-5H,6,15H2,1H3. The van der Waals surface area contributed by atoms with Crippen LogP contribution in [0.4, 0.5) is 0 Å². The zero-order valence-corrected chi connectivity index (χ0v) is 10.8. The predicted octanol–water partition coefficient (Wildman–Crippen LogP) is 3.22. The quantitative estimate of drug-likeness (QED) is 0.909. The molecular weight excluding hydrogens is 257 g/mol. The monoisotopic (exact) mass is 267 g/mol. The van der Waals surface area contributed by atoms with E-state index < -0.39 is 0 Å². The summed E-state index contributed by atoms with van der Waals surface area (Å²) in [4.78, 5) is 8.69. The lowest BCUT2D eigenvalue weighted by Gasteiger charge is -2.07. The van der Waals surface area contributed by atoms with E-state index in [1.807, 2.05) is 25.1 Å². The highest BCUT2D eigenvalue weighted by molar-refractivity contribution is 6.43. The van der Waals surface area contributed by atoms with Crippen molar-refractivity contribution in [2.45, 2.75) is 13.5 Å². The van der Waals surface area contributed by atoms with Crippen LogP contribution in [0.25, 0.3) is 11.4 Å². The number of nitrogens with two attached hydrogens (primary N) is 1. The fourth-order valence-corrected chi connectivity index (χ4v) is 1.92. The summed E-state index contributed by atoms with van der Waals surface area (Å²) in [5, 5.41) is 0.950. The Morgan fingerprint density at radius 3 is 2.71 bits per heavy atom. The second-order valence-corrected chi connectivity index (χ2v) is 4.41. The van der Waals surface area contributed by atoms with Crippen LogP contribution >= 0.6 is 23.2 Å². The van der Waals surface area contributed by atoms with E-state index in [0.717, 1.165) is 17.0 Å². The molecule has 1 aromatic heterocycles. The maximum absolute atomic E-state index is 6.13. The molecule has 0 atom stereocenters. The number of benzene rings is 1. The molecule has 17 heavy (non-hydrogen) atoms. The van der Waals surface area contributed by atoms with E-state index >= 15 is 0 Å². The highest BCUT2D eigenvalue weighted by atomic mass is 35.5. The molecule has 0 bridgehead atoms. The number of halogens is 2. The first-order valence-electron chi connectivity index (χ1n) is 5.11. The zero-order chi connectivity index (χ0) is 12.4. The molecule has 0 saturated heterocycles. The minimum atomic E-state index is 0.370. The molecule has 0 fully saturated rings. The Bertz CT molecular complexity index is 555. The smallest absolute Gasteiger partial charge is 0.161 e. The molecule has 1 heterocycles. The molecule has 5 heteroatoms. The second kappa shape index (κ2) is 5.00. The van der Waals surface area contributed by atoms with Gasteiger partial charge in [-0.15, -0.1) is 0 Å². The van der Waals surface area contributed by atoms with Gasteiger partial charge in [0.15, 0.2) is 5.82 Å². The summed E-state index contributed by atoms with van der Waals surface area (Å²) in [6.07, 6.45) is 0. The number of hydrogen-bond acceptors (Lipinski definition) is 3. The molecule has 88 valence electrons. The van der Waals surface area contributed by atoms with Gasteiger partial charge in [0, 0.05) is 17.8 Å². The molecule has 0 radical (unpaired) electrons. The van der Waals surface area contributed by atoms with Gasteiger partial charge in [-0.2, -0.15) is 0 Å². The van der Waals surface area contributed by atoms with Gasteiger partial charge in [-0.05, 0) is 25.1 Å². The van der Waals surface area contributed by atoms with Crippen LogP contribution in [0, 0.1) is 6.92 Å². The normalized spacial score (nSPS) is 10.6. The number of nitrogens with zero attached hydrogens (tertiary/aromatic N) is 2. The molecule has 2 aromatic rings. The van der Waals surface area contributed by atoms with Crippen molar-refractivity contribution in [2.24, 2.45) is 5.73 Å². The molecule has 3 nitrogen and oxygen atoms in total. The molecule has 0 amide bonds. The van der Waals surface area contributed by atoms with E-state index in [4.69, 9.17) is 28.9 Å². The van der Waals surface area contributed by atoms with Crippen molar-refractivity contribution in [2.75, 3.05) is 0 Å². The van der Waals surface area contributed by atoms with Crippen LogP contribution in [-0.2, 0) is 6.54 Å². The molecule has 0 spiro atoms. The first-order chi connectivity index (χ1) is 8.11. The highest BCUT2D eigenvalue weighted by Gasteiger charge is 2.10. The van der Waals surface area contributed by atoms with E-state index in [1.165, 1.54) is 0 Å². The fraction of sp³-hybridized carbons (Fsp3) is 0.167. The molecule has 0 aliphatic heterocycles. The SMILES string of the molecule is Cc1cc(CN)nc(-c2cccc(Cl)c2Cl)n1. The van der Waals surface area contributed by atoms with Gasteiger partial charge in [0.05, 0.1) is 15.7 Å². The Balaban J connectivity index is 2.60. The largest absolute Gasteiger partial charge is 0.325 e. The van der Waals surface area contributed by atoms with Crippen LogP contribution < -0.4 is 5.73 Å². The molecule has 2 rings (SSSR count). The van der Waals surface area contributed by atoms with Gasteiger partial charge in [-0.1, -0.05) is 29.3 Å². The summed E-state index contributed by atoms with van der Waals surface area (Å²) in [6, 6.07) is 7.23. The molecule has 1 aromatic carbocycles. The third-order valence-corrected chi connectivity index (χ3v) is 3.13. The van der Waals surface area contributed by atoms with Crippen LogP contribution in [0.1, 0.15) is 11.4 Å². The summed E-state index contributed by atoms with van der Waals surface area (Å²) in [6.45, 7) is 2.26. The molecule has 0 saturated carbocycles. The number of aryl methyl sites for hydroxylation is 1. The number of hydrogen-bond donors (Lipinski definition) is 1. The van der Waals surface area contributed by atoms with Gasteiger partial charge in [-0.3, -0.25) is 0 Å². The molecule has 0 aliphatic carbocycles.